The summed E-state index contributed by atoms with van der Waals surface area (Å²) in [4.78, 5) is 22.4. The van der Waals surface area contributed by atoms with Crippen molar-refractivity contribution in [2.24, 2.45) is 0 Å². The Morgan fingerprint density at radius 1 is 0.800 bits per heavy atom. The predicted molar refractivity (Wildman–Crippen MR) is 116 cm³/mol. The number of methoxy groups -OCH3 is 2. The minimum Gasteiger partial charge on any atom is -0.467 e. The van der Waals surface area contributed by atoms with Crippen molar-refractivity contribution in [2.75, 3.05) is 28.3 Å². The van der Waals surface area contributed by atoms with Crippen LogP contribution in [-0.4, -0.2) is 70.1 Å². The van der Waals surface area contributed by atoms with E-state index in [0.717, 1.165) is 35.6 Å². The van der Waals surface area contributed by atoms with Crippen molar-refractivity contribution < 1.29 is 9.47 Å². The first-order valence-corrected chi connectivity index (χ1v) is 10.6. The Bertz CT molecular complexity index is 777. The van der Waals surface area contributed by atoms with E-state index in [0.29, 0.717) is 24.1 Å². The second kappa shape index (κ2) is 10.1. The van der Waals surface area contributed by atoms with Crippen LogP contribution in [0.5, 0.6) is 12.0 Å². The van der Waals surface area contributed by atoms with Crippen molar-refractivity contribution in [3.8, 4) is 12.0 Å². The smallest absolute Gasteiger partial charge is 0.316 e. The first kappa shape index (κ1) is 22.4. The van der Waals surface area contributed by atoms with Gasteiger partial charge in [-0.1, -0.05) is 12.8 Å². The van der Waals surface area contributed by atoms with Gasteiger partial charge in [0.05, 0.1) is 14.2 Å². The number of ether oxygens (including phenoxy) is 2. The average molecular weight is 415 g/mol. The van der Waals surface area contributed by atoms with E-state index in [1.807, 2.05) is 26.2 Å². The van der Waals surface area contributed by atoms with Crippen LogP contribution in [0.4, 0.5) is 0 Å². The highest BCUT2D eigenvalue weighted by molar-refractivity contribution is 5.19. The summed E-state index contributed by atoms with van der Waals surface area (Å²) in [5, 5.41) is 0. The summed E-state index contributed by atoms with van der Waals surface area (Å²) in [6.07, 6.45) is 8.69. The average Bonchev–Trinajstić information content (AvgIpc) is 2.76. The second-order valence-electron chi connectivity index (χ2n) is 8.18. The van der Waals surface area contributed by atoms with Gasteiger partial charge in [0.25, 0.3) is 0 Å². The van der Waals surface area contributed by atoms with E-state index in [2.05, 4.69) is 43.8 Å². The van der Waals surface area contributed by atoms with Gasteiger partial charge in [0.1, 0.15) is 0 Å². The summed E-state index contributed by atoms with van der Waals surface area (Å²) < 4.78 is 10.3. The molecule has 1 saturated carbocycles. The third-order valence-electron chi connectivity index (χ3n) is 6.15. The van der Waals surface area contributed by atoms with Crippen LogP contribution >= 0.6 is 0 Å². The molecule has 2 atom stereocenters. The van der Waals surface area contributed by atoms with Crippen LogP contribution in [0.1, 0.15) is 48.2 Å². The lowest BCUT2D eigenvalue weighted by Gasteiger charge is -2.42. The number of aromatic nitrogens is 4. The molecule has 8 nitrogen and oxygen atoms in total. The fraction of sp³-hybridized carbons (Fsp3) is 0.636. The lowest BCUT2D eigenvalue weighted by molar-refractivity contribution is 0.0688. The Kier molecular flexibility index (Phi) is 7.55. The summed E-state index contributed by atoms with van der Waals surface area (Å²) in [6.45, 7) is 5.69. The molecule has 1 aliphatic rings. The molecule has 164 valence electrons. The highest BCUT2D eigenvalue weighted by Gasteiger charge is 2.31. The first-order valence-electron chi connectivity index (χ1n) is 10.6. The Hall–Kier alpha value is -2.32. The molecule has 1 fully saturated rings. The molecule has 8 heteroatoms. The summed E-state index contributed by atoms with van der Waals surface area (Å²) >= 11 is 0. The number of nitrogens with zero attached hydrogens (tertiary/aromatic N) is 6. The number of hydrogen-bond acceptors (Lipinski definition) is 8. The minimum atomic E-state index is 0.422. The molecule has 0 aliphatic heterocycles. The molecule has 30 heavy (non-hydrogen) atoms. The van der Waals surface area contributed by atoms with Crippen LogP contribution < -0.4 is 9.47 Å². The maximum Gasteiger partial charge on any atom is 0.316 e. The van der Waals surface area contributed by atoms with Gasteiger partial charge in [0.2, 0.25) is 0 Å². The minimum absolute atomic E-state index is 0.422. The van der Waals surface area contributed by atoms with Gasteiger partial charge in [0.15, 0.2) is 0 Å². The van der Waals surface area contributed by atoms with Gasteiger partial charge in [0, 0.05) is 60.1 Å². The van der Waals surface area contributed by atoms with E-state index in [9.17, 15) is 0 Å². The van der Waals surface area contributed by atoms with E-state index >= 15 is 0 Å². The quantitative estimate of drug-likeness (QED) is 0.653. The van der Waals surface area contributed by atoms with Crippen LogP contribution in [0.2, 0.25) is 0 Å². The van der Waals surface area contributed by atoms with E-state index in [4.69, 9.17) is 9.47 Å². The Morgan fingerprint density at radius 3 is 1.53 bits per heavy atom. The van der Waals surface area contributed by atoms with Gasteiger partial charge in [-0.25, -0.2) is 19.9 Å². The van der Waals surface area contributed by atoms with Gasteiger partial charge in [-0.05, 0) is 40.8 Å². The molecule has 2 heterocycles. The van der Waals surface area contributed by atoms with E-state index in [-0.39, 0.29) is 0 Å². The number of hydrogen-bond donors (Lipinski definition) is 0. The van der Waals surface area contributed by atoms with Gasteiger partial charge in [-0.15, -0.1) is 0 Å². The molecule has 0 N–H and O–H groups in total. The lowest BCUT2D eigenvalue weighted by Crippen LogP contribution is -2.50. The van der Waals surface area contributed by atoms with Gasteiger partial charge >= 0.3 is 12.0 Å². The fourth-order valence-corrected chi connectivity index (χ4v) is 4.34. The normalized spacial score (nSPS) is 19.3. The van der Waals surface area contributed by atoms with Crippen molar-refractivity contribution in [1.82, 2.24) is 29.7 Å². The molecule has 0 bridgehead atoms. The molecular weight excluding hydrogens is 380 g/mol. The topological polar surface area (TPSA) is 76.5 Å². The molecule has 1 aliphatic carbocycles. The number of aryl methyl sites for hydroxylation is 2. The molecule has 2 aromatic rings. The van der Waals surface area contributed by atoms with Crippen molar-refractivity contribution in [3.63, 3.8) is 0 Å². The summed E-state index contributed by atoms with van der Waals surface area (Å²) in [5.41, 5.74) is 4.23. The fourth-order valence-electron chi connectivity index (χ4n) is 4.34. The Morgan fingerprint density at radius 2 is 1.20 bits per heavy atom. The number of rotatable bonds is 8. The van der Waals surface area contributed by atoms with Crippen molar-refractivity contribution in [1.29, 1.82) is 0 Å². The molecule has 2 unspecified atom stereocenters. The van der Waals surface area contributed by atoms with Crippen LogP contribution in [0, 0.1) is 13.8 Å². The summed E-state index contributed by atoms with van der Waals surface area (Å²) in [5.74, 6) is 0. The highest BCUT2D eigenvalue weighted by atomic mass is 16.5. The Labute approximate surface area is 179 Å². The SMILES string of the molecule is COc1ncc(CN(C)C2CCCCC2N(C)Cc2cnc(OC)nc2C)c(C)n1. The monoisotopic (exact) mass is 414 g/mol. The lowest BCUT2D eigenvalue weighted by atomic mass is 9.88. The summed E-state index contributed by atoms with van der Waals surface area (Å²) in [6, 6.07) is 1.80. The molecule has 0 spiro atoms. The second-order valence-corrected chi connectivity index (χ2v) is 8.18. The zero-order valence-electron chi connectivity index (χ0n) is 19.1. The molecule has 0 radical (unpaired) electrons. The van der Waals surface area contributed by atoms with E-state index in [1.54, 1.807) is 14.2 Å². The third kappa shape index (κ3) is 5.23. The van der Waals surface area contributed by atoms with Gasteiger partial charge in [-0.2, -0.15) is 0 Å². The third-order valence-corrected chi connectivity index (χ3v) is 6.15. The van der Waals surface area contributed by atoms with E-state index < -0.39 is 0 Å². The summed E-state index contributed by atoms with van der Waals surface area (Å²) in [7, 11) is 7.61. The standard InChI is InChI=1S/C22H34N6O2/c1-15-17(11-23-21(25-15)29-5)13-27(3)19-9-7-8-10-20(19)28(4)14-18-12-24-22(30-6)26-16(18)2/h11-12,19-20H,7-10,13-14H2,1-6H3. The maximum atomic E-state index is 5.14. The highest BCUT2D eigenvalue weighted by Crippen LogP contribution is 2.28. The maximum absolute atomic E-state index is 5.14. The molecule has 3 rings (SSSR count). The van der Waals surface area contributed by atoms with Gasteiger partial charge < -0.3 is 9.47 Å². The largest absolute Gasteiger partial charge is 0.467 e. The van der Waals surface area contributed by atoms with Crippen LogP contribution in [0.15, 0.2) is 12.4 Å². The van der Waals surface area contributed by atoms with E-state index in [1.165, 1.54) is 25.7 Å². The number of likely N-dealkylation sites (N-methyl/N-ethyl adjacent to an activating group) is 2. The molecule has 2 aromatic heterocycles. The Balaban J connectivity index is 1.70. The van der Waals surface area contributed by atoms with Gasteiger partial charge in [-0.3, -0.25) is 9.80 Å². The zero-order chi connectivity index (χ0) is 21.7. The molecule has 0 aromatic carbocycles. The van der Waals surface area contributed by atoms with Crippen molar-refractivity contribution >= 4 is 0 Å². The molecule has 0 amide bonds. The van der Waals surface area contributed by atoms with Crippen molar-refractivity contribution in [3.05, 3.63) is 34.9 Å². The predicted octanol–water partition coefficient (Wildman–Crippen LogP) is 2.78. The first-order chi connectivity index (χ1) is 14.4. The van der Waals surface area contributed by atoms with Crippen LogP contribution in [-0.2, 0) is 13.1 Å². The van der Waals surface area contributed by atoms with Crippen molar-refractivity contribution in [2.45, 2.75) is 64.7 Å². The van der Waals surface area contributed by atoms with Crippen LogP contribution in [0.25, 0.3) is 0 Å². The zero-order valence-corrected chi connectivity index (χ0v) is 19.1. The molecular formula is C22H34N6O2. The van der Waals surface area contributed by atoms with Crippen LogP contribution in [0.3, 0.4) is 0 Å². The molecule has 0 saturated heterocycles.